The lowest BCUT2D eigenvalue weighted by Crippen LogP contribution is -2.17. The third-order valence-corrected chi connectivity index (χ3v) is 4.63. The van der Waals surface area contributed by atoms with E-state index in [1.807, 2.05) is 42.5 Å². The fourth-order valence-corrected chi connectivity index (χ4v) is 3.07. The Balaban J connectivity index is 1.48. The molecule has 0 saturated carbocycles. The van der Waals surface area contributed by atoms with Gasteiger partial charge >= 0.3 is 0 Å². The highest BCUT2D eigenvalue weighted by Gasteiger charge is 2.09. The highest BCUT2D eigenvalue weighted by atomic mass is 35.5. The molecule has 138 valence electrons. The molecule has 5 nitrogen and oxygen atoms in total. The number of nitrogens with one attached hydrogen (secondary N) is 2. The summed E-state index contributed by atoms with van der Waals surface area (Å²) in [5, 5.41) is 4.56. The largest absolute Gasteiger partial charge is 0.342 e. The van der Waals surface area contributed by atoms with Gasteiger partial charge in [0.1, 0.15) is 5.82 Å². The van der Waals surface area contributed by atoms with Crippen LogP contribution in [0.2, 0.25) is 5.02 Å². The summed E-state index contributed by atoms with van der Waals surface area (Å²) in [7, 11) is 0. The van der Waals surface area contributed by atoms with Gasteiger partial charge in [-0.2, -0.15) is 5.10 Å². The minimum Gasteiger partial charge on any atom is -0.342 e. The number of imidazole rings is 1. The summed E-state index contributed by atoms with van der Waals surface area (Å²) in [5.74, 6) is 0.555. The Morgan fingerprint density at radius 1 is 1.07 bits per heavy atom. The fourth-order valence-electron chi connectivity index (χ4n) is 2.88. The lowest BCUT2D eigenvalue weighted by Gasteiger charge is -2.00. The van der Waals surface area contributed by atoms with Crippen molar-refractivity contribution >= 4 is 34.8 Å². The number of aromatic nitrogens is 2. The molecule has 0 bridgehead atoms. The normalized spacial score (nSPS) is 11.2. The van der Waals surface area contributed by atoms with E-state index in [9.17, 15) is 4.79 Å². The Morgan fingerprint density at radius 3 is 2.68 bits per heavy atom. The lowest BCUT2D eigenvalue weighted by atomic mass is 10.1. The van der Waals surface area contributed by atoms with Gasteiger partial charge in [-0.3, -0.25) is 4.79 Å². The maximum absolute atomic E-state index is 12.4. The zero-order valence-electron chi connectivity index (χ0n) is 14.9. The molecule has 6 heteroatoms. The van der Waals surface area contributed by atoms with Gasteiger partial charge < -0.3 is 4.98 Å². The minimum atomic E-state index is -0.301. The van der Waals surface area contributed by atoms with Crippen LogP contribution in [-0.4, -0.2) is 22.1 Å². The van der Waals surface area contributed by atoms with Crippen molar-refractivity contribution in [2.24, 2.45) is 5.10 Å². The topological polar surface area (TPSA) is 70.1 Å². The van der Waals surface area contributed by atoms with E-state index < -0.39 is 0 Å². The summed E-state index contributed by atoms with van der Waals surface area (Å²) in [6, 6.07) is 22.7. The molecule has 0 saturated heterocycles. The van der Waals surface area contributed by atoms with Crippen LogP contribution in [0.4, 0.5) is 0 Å². The van der Waals surface area contributed by atoms with Gasteiger partial charge in [0.2, 0.25) is 0 Å². The first kappa shape index (κ1) is 17.9. The second-order valence-electron chi connectivity index (χ2n) is 6.30. The van der Waals surface area contributed by atoms with Crippen LogP contribution in [0.25, 0.3) is 11.0 Å². The molecule has 1 amide bonds. The standard InChI is InChI=1S/C22H17ClN4O/c23-18-9-5-4-8-17(18)14-24-27-22(28)16-10-11-19-20(13-16)26-21(25-19)12-15-6-2-1-3-7-15/h1-11,13-14H,12H2,(H,25,26)(H,27,28)/b24-14-. The molecule has 28 heavy (non-hydrogen) atoms. The average Bonchev–Trinajstić information content (AvgIpc) is 3.11. The van der Waals surface area contributed by atoms with Gasteiger partial charge in [0.05, 0.1) is 17.2 Å². The van der Waals surface area contributed by atoms with Crippen LogP contribution < -0.4 is 5.43 Å². The van der Waals surface area contributed by atoms with Crippen molar-refractivity contribution in [1.82, 2.24) is 15.4 Å². The Morgan fingerprint density at radius 2 is 1.86 bits per heavy atom. The molecule has 4 rings (SSSR count). The first-order chi connectivity index (χ1) is 13.7. The van der Waals surface area contributed by atoms with E-state index in [0.29, 0.717) is 17.0 Å². The first-order valence-corrected chi connectivity index (χ1v) is 9.17. The molecule has 0 spiro atoms. The molecule has 3 aromatic carbocycles. The van der Waals surface area contributed by atoms with Gasteiger partial charge in [0.25, 0.3) is 5.91 Å². The van der Waals surface area contributed by atoms with Crippen LogP contribution in [0.15, 0.2) is 77.9 Å². The van der Waals surface area contributed by atoms with Crippen molar-refractivity contribution in [3.05, 3.63) is 100 Å². The highest BCUT2D eigenvalue weighted by Crippen LogP contribution is 2.16. The summed E-state index contributed by atoms with van der Waals surface area (Å²) < 4.78 is 0. The second-order valence-corrected chi connectivity index (χ2v) is 6.71. The number of hydrazone groups is 1. The van der Waals surface area contributed by atoms with E-state index in [2.05, 4.69) is 32.6 Å². The van der Waals surface area contributed by atoms with E-state index in [4.69, 9.17) is 11.6 Å². The molecule has 0 unspecified atom stereocenters. The zero-order chi connectivity index (χ0) is 19.3. The van der Waals surface area contributed by atoms with Crippen molar-refractivity contribution in [3.63, 3.8) is 0 Å². The molecule has 0 fully saturated rings. The number of nitrogens with zero attached hydrogens (tertiary/aromatic N) is 2. The molecule has 1 heterocycles. The fraction of sp³-hybridized carbons (Fsp3) is 0.0455. The van der Waals surface area contributed by atoms with Crippen molar-refractivity contribution < 1.29 is 4.79 Å². The molecular weight excluding hydrogens is 372 g/mol. The van der Waals surface area contributed by atoms with Crippen molar-refractivity contribution in [3.8, 4) is 0 Å². The molecule has 1 aromatic heterocycles. The number of hydrogen-bond acceptors (Lipinski definition) is 3. The van der Waals surface area contributed by atoms with Crippen LogP contribution in [0.5, 0.6) is 0 Å². The predicted octanol–water partition coefficient (Wildman–Crippen LogP) is 4.57. The van der Waals surface area contributed by atoms with Crippen LogP contribution >= 0.6 is 11.6 Å². The SMILES string of the molecule is O=C(N/N=C\c1ccccc1Cl)c1ccc2nc(Cc3ccccc3)[nH]c2c1. The number of carbonyl (C=O) groups excluding carboxylic acids is 1. The zero-order valence-corrected chi connectivity index (χ0v) is 15.6. The number of rotatable bonds is 5. The predicted molar refractivity (Wildman–Crippen MR) is 112 cm³/mol. The molecule has 2 N–H and O–H groups in total. The van der Waals surface area contributed by atoms with Gasteiger partial charge in [-0.1, -0.05) is 60.1 Å². The van der Waals surface area contributed by atoms with Crippen LogP contribution in [0.3, 0.4) is 0 Å². The van der Waals surface area contributed by atoms with E-state index in [-0.39, 0.29) is 5.91 Å². The van der Waals surface area contributed by atoms with Crippen LogP contribution in [0.1, 0.15) is 27.3 Å². The summed E-state index contributed by atoms with van der Waals surface area (Å²) in [6.07, 6.45) is 2.23. The summed E-state index contributed by atoms with van der Waals surface area (Å²) in [4.78, 5) is 20.2. The van der Waals surface area contributed by atoms with Gasteiger partial charge in [0, 0.05) is 22.6 Å². The molecule has 0 aliphatic carbocycles. The van der Waals surface area contributed by atoms with Crippen LogP contribution in [0, 0.1) is 0 Å². The van der Waals surface area contributed by atoms with Gasteiger partial charge in [0.15, 0.2) is 0 Å². The number of H-pyrrole nitrogens is 1. The summed E-state index contributed by atoms with van der Waals surface area (Å²) in [6.45, 7) is 0. The van der Waals surface area contributed by atoms with E-state index >= 15 is 0 Å². The average molecular weight is 389 g/mol. The van der Waals surface area contributed by atoms with Crippen LogP contribution in [-0.2, 0) is 6.42 Å². The van der Waals surface area contributed by atoms with E-state index in [1.54, 1.807) is 18.2 Å². The highest BCUT2D eigenvalue weighted by molar-refractivity contribution is 6.33. The smallest absolute Gasteiger partial charge is 0.271 e. The number of aromatic amines is 1. The third-order valence-electron chi connectivity index (χ3n) is 4.28. The van der Waals surface area contributed by atoms with Gasteiger partial charge in [-0.25, -0.2) is 10.4 Å². The third kappa shape index (κ3) is 4.10. The summed E-state index contributed by atoms with van der Waals surface area (Å²) >= 11 is 6.07. The maximum atomic E-state index is 12.4. The molecule has 0 aliphatic heterocycles. The number of hydrogen-bond donors (Lipinski definition) is 2. The Labute approximate surface area is 167 Å². The number of fused-ring (bicyclic) bond motifs is 1. The first-order valence-electron chi connectivity index (χ1n) is 8.79. The summed E-state index contributed by atoms with van der Waals surface area (Å²) in [5.41, 5.74) is 6.57. The number of amides is 1. The quantitative estimate of drug-likeness (QED) is 0.388. The Hall–Kier alpha value is -3.44. The molecule has 0 radical (unpaired) electrons. The van der Waals surface area contributed by atoms with Gasteiger partial charge in [-0.05, 0) is 29.8 Å². The second kappa shape index (κ2) is 8.06. The van der Waals surface area contributed by atoms with E-state index in [0.717, 1.165) is 22.4 Å². The van der Waals surface area contributed by atoms with Crippen molar-refractivity contribution in [1.29, 1.82) is 0 Å². The minimum absolute atomic E-state index is 0.301. The number of halogens is 1. The molecule has 0 aliphatic rings. The molecule has 0 atom stereocenters. The van der Waals surface area contributed by atoms with Crippen molar-refractivity contribution in [2.75, 3.05) is 0 Å². The Kier molecular flexibility index (Phi) is 5.17. The Bertz CT molecular complexity index is 1150. The number of benzene rings is 3. The molecular formula is C22H17ClN4O. The van der Waals surface area contributed by atoms with Gasteiger partial charge in [-0.15, -0.1) is 0 Å². The monoisotopic (exact) mass is 388 g/mol. The van der Waals surface area contributed by atoms with Crippen molar-refractivity contribution in [2.45, 2.75) is 6.42 Å². The maximum Gasteiger partial charge on any atom is 0.271 e. The number of carbonyl (C=O) groups is 1. The van der Waals surface area contributed by atoms with E-state index in [1.165, 1.54) is 11.8 Å². The molecule has 4 aromatic rings. The lowest BCUT2D eigenvalue weighted by molar-refractivity contribution is 0.0955.